The van der Waals surface area contributed by atoms with Gasteiger partial charge in [0.2, 0.25) is 5.95 Å². The largest absolute Gasteiger partial charge is 0.481 e. The van der Waals surface area contributed by atoms with Gasteiger partial charge in [0.1, 0.15) is 11.5 Å². The minimum absolute atomic E-state index is 0. The van der Waals surface area contributed by atoms with Crippen LogP contribution in [0, 0.1) is 0 Å². The van der Waals surface area contributed by atoms with E-state index in [1.165, 1.54) is 0 Å². The maximum atomic E-state index is 10.9. The number of carboxylic acid groups (broad SMARTS) is 1. The van der Waals surface area contributed by atoms with Crippen molar-refractivity contribution in [3.63, 3.8) is 0 Å². The monoisotopic (exact) mass is 375 g/mol. The van der Waals surface area contributed by atoms with Crippen molar-refractivity contribution in [2.75, 3.05) is 5.73 Å². The molecule has 0 radical (unpaired) electrons. The van der Waals surface area contributed by atoms with Crippen molar-refractivity contribution < 1.29 is 14.6 Å². The van der Waals surface area contributed by atoms with Crippen LogP contribution in [-0.4, -0.2) is 20.6 Å². The zero-order valence-corrected chi connectivity index (χ0v) is 15.3. The molecule has 2 aromatic carbocycles. The lowest BCUT2D eigenvalue weighted by atomic mass is 10.1. The third-order valence-corrected chi connectivity index (χ3v) is 4.19. The number of benzene rings is 2. The van der Waals surface area contributed by atoms with Crippen LogP contribution in [0.25, 0.3) is 11.0 Å². The Kier molecular flexibility index (Phi) is 6.46. The number of para-hydroxylation sites is 1. The molecule has 0 amide bonds. The van der Waals surface area contributed by atoms with Crippen molar-refractivity contribution in [3.05, 3.63) is 48.5 Å². The number of carboxylic acids is 1. The molecule has 1 atom stereocenters. The Morgan fingerprint density at radius 2 is 1.96 bits per heavy atom. The Bertz CT molecular complexity index is 880. The molecule has 1 aromatic heterocycles. The summed E-state index contributed by atoms with van der Waals surface area (Å²) in [6, 6.07) is 15.1. The Hall–Kier alpha value is -2.73. The predicted molar refractivity (Wildman–Crippen MR) is 104 cm³/mol. The van der Waals surface area contributed by atoms with Gasteiger partial charge in [-0.15, -0.1) is 12.4 Å². The number of carbonyl (C=O) groups is 1. The number of nitrogens with zero attached hydrogens (tertiary/aromatic N) is 2. The molecule has 0 aliphatic rings. The Labute approximate surface area is 158 Å². The zero-order chi connectivity index (χ0) is 17.8. The summed E-state index contributed by atoms with van der Waals surface area (Å²) >= 11 is 0. The predicted octanol–water partition coefficient (Wildman–Crippen LogP) is 4.65. The number of aromatic nitrogens is 2. The molecule has 3 N–H and O–H groups in total. The number of fused-ring (bicyclic) bond motifs is 1. The van der Waals surface area contributed by atoms with E-state index in [9.17, 15) is 4.79 Å². The van der Waals surface area contributed by atoms with Crippen molar-refractivity contribution in [3.8, 4) is 11.5 Å². The molecule has 0 fully saturated rings. The number of nitrogens with two attached hydrogens (primary N) is 1. The third-order valence-electron chi connectivity index (χ3n) is 4.19. The summed E-state index contributed by atoms with van der Waals surface area (Å²) < 4.78 is 7.80. The van der Waals surface area contributed by atoms with E-state index in [1.807, 2.05) is 60.0 Å². The maximum Gasteiger partial charge on any atom is 0.303 e. The van der Waals surface area contributed by atoms with Gasteiger partial charge in [-0.1, -0.05) is 25.1 Å². The first-order valence-electron chi connectivity index (χ1n) is 8.30. The lowest BCUT2D eigenvalue weighted by Crippen LogP contribution is -2.13. The van der Waals surface area contributed by atoms with Crippen LogP contribution in [0.15, 0.2) is 48.5 Å². The van der Waals surface area contributed by atoms with E-state index in [0.717, 1.165) is 23.2 Å². The van der Waals surface area contributed by atoms with Crippen LogP contribution in [0.1, 0.15) is 32.2 Å². The first kappa shape index (κ1) is 19.6. The van der Waals surface area contributed by atoms with Crippen molar-refractivity contribution in [2.24, 2.45) is 0 Å². The van der Waals surface area contributed by atoms with Crippen molar-refractivity contribution in [2.45, 2.75) is 32.2 Å². The zero-order valence-electron chi connectivity index (χ0n) is 14.5. The molecular weight excluding hydrogens is 354 g/mol. The SMILES string of the molecule is CC[C@H](CCC(=O)O)n1c(N)nc2ccc(Oc3ccccc3)cc21.Cl. The molecule has 0 saturated carbocycles. The molecular formula is C19H22ClN3O3. The fourth-order valence-electron chi connectivity index (χ4n) is 2.97. The van der Waals surface area contributed by atoms with E-state index < -0.39 is 5.97 Å². The van der Waals surface area contributed by atoms with Gasteiger partial charge in [-0.3, -0.25) is 4.79 Å². The molecule has 1 heterocycles. The summed E-state index contributed by atoms with van der Waals surface area (Å²) in [5.74, 6) is 1.02. The van der Waals surface area contributed by atoms with Gasteiger partial charge in [-0.05, 0) is 37.1 Å². The van der Waals surface area contributed by atoms with E-state index in [-0.39, 0.29) is 24.9 Å². The highest BCUT2D eigenvalue weighted by Crippen LogP contribution is 2.31. The lowest BCUT2D eigenvalue weighted by Gasteiger charge is -2.18. The number of aliphatic carboxylic acids is 1. The second-order valence-electron chi connectivity index (χ2n) is 5.90. The number of ether oxygens (including phenoxy) is 1. The molecule has 0 unspecified atom stereocenters. The molecule has 26 heavy (non-hydrogen) atoms. The normalized spacial score (nSPS) is 11.7. The van der Waals surface area contributed by atoms with Crippen molar-refractivity contribution >= 4 is 35.4 Å². The Morgan fingerprint density at radius 3 is 2.62 bits per heavy atom. The quantitative estimate of drug-likeness (QED) is 0.627. The molecule has 0 aliphatic heterocycles. The van der Waals surface area contributed by atoms with Gasteiger partial charge in [-0.25, -0.2) is 4.98 Å². The van der Waals surface area contributed by atoms with Gasteiger partial charge in [0.05, 0.1) is 11.0 Å². The fourth-order valence-corrected chi connectivity index (χ4v) is 2.97. The topological polar surface area (TPSA) is 90.4 Å². The van der Waals surface area contributed by atoms with E-state index in [0.29, 0.717) is 18.1 Å². The van der Waals surface area contributed by atoms with Crippen LogP contribution in [0.2, 0.25) is 0 Å². The summed E-state index contributed by atoms with van der Waals surface area (Å²) in [6.45, 7) is 2.02. The molecule has 3 aromatic rings. The number of anilines is 1. The minimum atomic E-state index is -0.811. The summed E-state index contributed by atoms with van der Waals surface area (Å²) in [6.07, 6.45) is 1.37. The highest BCUT2D eigenvalue weighted by molar-refractivity contribution is 5.85. The number of nitrogen functional groups attached to an aromatic ring is 1. The van der Waals surface area contributed by atoms with Crippen LogP contribution in [-0.2, 0) is 4.79 Å². The molecule has 3 rings (SSSR count). The van der Waals surface area contributed by atoms with Crippen molar-refractivity contribution in [1.29, 1.82) is 0 Å². The number of rotatable bonds is 7. The lowest BCUT2D eigenvalue weighted by molar-refractivity contribution is -0.137. The second kappa shape index (κ2) is 8.58. The van der Waals surface area contributed by atoms with E-state index in [2.05, 4.69) is 4.98 Å². The van der Waals surface area contributed by atoms with Crippen LogP contribution in [0.3, 0.4) is 0 Å². The second-order valence-corrected chi connectivity index (χ2v) is 5.90. The number of imidazole rings is 1. The van der Waals surface area contributed by atoms with Crippen molar-refractivity contribution in [1.82, 2.24) is 9.55 Å². The number of hydrogen-bond donors (Lipinski definition) is 2. The average molecular weight is 376 g/mol. The summed E-state index contributed by atoms with van der Waals surface area (Å²) in [7, 11) is 0. The van der Waals surface area contributed by atoms with Gasteiger partial charge < -0.3 is 20.1 Å². The summed E-state index contributed by atoms with van der Waals surface area (Å²) in [5.41, 5.74) is 7.72. The fraction of sp³-hybridized carbons (Fsp3) is 0.263. The molecule has 7 heteroatoms. The van der Waals surface area contributed by atoms with Crippen LogP contribution in [0.4, 0.5) is 5.95 Å². The van der Waals surface area contributed by atoms with Gasteiger partial charge in [0.15, 0.2) is 0 Å². The molecule has 6 nitrogen and oxygen atoms in total. The molecule has 138 valence electrons. The average Bonchev–Trinajstić information content (AvgIpc) is 2.92. The smallest absolute Gasteiger partial charge is 0.303 e. The highest BCUT2D eigenvalue weighted by Gasteiger charge is 2.18. The summed E-state index contributed by atoms with van der Waals surface area (Å²) in [4.78, 5) is 15.3. The van der Waals surface area contributed by atoms with Crippen LogP contribution in [0.5, 0.6) is 11.5 Å². The van der Waals surface area contributed by atoms with E-state index in [1.54, 1.807) is 0 Å². The molecule has 0 bridgehead atoms. The Balaban J connectivity index is 0.00000243. The maximum absolute atomic E-state index is 10.9. The number of hydrogen-bond acceptors (Lipinski definition) is 4. The van der Waals surface area contributed by atoms with E-state index in [4.69, 9.17) is 15.6 Å². The first-order chi connectivity index (χ1) is 12.1. The van der Waals surface area contributed by atoms with Gasteiger partial charge in [0, 0.05) is 18.5 Å². The third kappa shape index (κ3) is 4.26. The van der Waals surface area contributed by atoms with Gasteiger partial charge in [-0.2, -0.15) is 0 Å². The standard InChI is InChI=1S/C19H21N3O3.ClH/c1-2-13(8-11-18(23)24)22-17-12-15(9-10-16(17)21-19(22)20)25-14-6-4-3-5-7-14;/h3-7,9-10,12-13H,2,8,11H2,1H3,(H2,20,21)(H,23,24);1H/t13-;/m1./s1. The number of halogens is 1. The van der Waals surface area contributed by atoms with E-state index >= 15 is 0 Å². The van der Waals surface area contributed by atoms with Crippen LogP contribution >= 0.6 is 12.4 Å². The molecule has 0 saturated heterocycles. The van der Waals surface area contributed by atoms with Crippen LogP contribution < -0.4 is 10.5 Å². The Morgan fingerprint density at radius 1 is 1.23 bits per heavy atom. The minimum Gasteiger partial charge on any atom is -0.481 e. The molecule has 0 spiro atoms. The summed E-state index contributed by atoms with van der Waals surface area (Å²) in [5, 5.41) is 8.97. The first-order valence-corrected chi connectivity index (χ1v) is 8.30. The highest BCUT2D eigenvalue weighted by atomic mass is 35.5. The van der Waals surface area contributed by atoms with Gasteiger partial charge in [0.25, 0.3) is 0 Å². The molecule has 0 aliphatic carbocycles. The van der Waals surface area contributed by atoms with Gasteiger partial charge >= 0.3 is 5.97 Å².